The fourth-order valence-corrected chi connectivity index (χ4v) is 2.40. The molecule has 0 radical (unpaired) electrons. The SMILES string of the molecule is O=C(CCc1ccc(F)cc1)NCCc1ccc2ncoc2c1. The number of benzene rings is 2. The molecule has 0 aliphatic rings. The zero-order valence-corrected chi connectivity index (χ0v) is 12.6. The first-order valence-corrected chi connectivity index (χ1v) is 7.54. The third-order valence-electron chi connectivity index (χ3n) is 3.69. The van der Waals surface area contributed by atoms with Gasteiger partial charge < -0.3 is 9.73 Å². The summed E-state index contributed by atoms with van der Waals surface area (Å²) in [4.78, 5) is 15.9. The van der Waals surface area contributed by atoms with Crippen LogP contribution in [0.1, 0.15) is 17.5 Å². The van der Waals surface area contributed by atoms with Gasteiger partial charge in [-0.15, -0.1) is 0 Å². The first-order valence-electron chi connectivity index (χ1n) is 7.54. The van der Waals surface area contributed by atoms with Crippen LogP contribution in [0.15, 0.2) is 53.3 Å². The van der Waals surface area contributed by atoms with E-state index in [0.717, 1.165) is 28.6 Å². The molecule has 23 heavy (non-hydrogen) atoms. The molecule has 5 heteroatoms. The summed E-state index contributed by atoms with van der Waals surface area (Å²) in [7, 11) is 0. The van der Waals surface area contributed by atoms with Gasteiger partial charge in [-0.2, -0.15) is 0 Å². The van der Waals surface area contributed by atoms with Crippen molar-refractivity contribution in [1.29, 1.82) is 0 Å². The lowest BCUT2D eigenvalue weighted by atomic mass is 10.1. The van der Waals surface area contributed by atoms with Crippen LogP contribution in [0.25, 0.3) is 11.1 Å². The minimum Gasteiger partial charge on any atom is -0.443 e. The second-order valence-electron chi connectivity index (χ2n) is 5.38. The number of hydrogen-bond donors (Lipinski definition) is 1. The van der Waals surface area contributed by atoms with Crippen molar-refractivity contribution in [2.75, 3.05) is 6.54 Å². The number of hydrogen-bond acceptors (Lipinski definition) is 3. The number of nitrogens with zero attached hydrogens (tertiary/aromatic N) is 1. The van der Waals surface area contributed by atoms with E-state index in [1.807, 2.05) is 18.2 Å². The van der Waals surface area contributed by atoms with E-state index in [1.54, 1.807) is 12.1 Å². The quantitative estimate of drug-likeness (QED) is 0.760. The Morgan fingerprint density at radius 2 is 1.87 bits per heavy atom. The van der Waals surface area contributed by atoms with Gasteiger partial charge in [0, 0.05) is 13.0 Å². The molecule has 0 aliphatic carbocycles. The lowest BCUT2D eigenvalue weighted by Gasteiger charge is -2.06. The molecule has 0 spiro atoms. The molecule has 1 heterocycles. The maximum Gasteiger partial charge on any atom is 0.220 e. The first kappa shape index (κ1) is 15.2. The molecule has 0 bridgehead atoms. The van der Waals surface area contributed by atoms with E-state index in [9.17, 15) is 9.18 Å². The Hall–Kier alpha value is -2.69. The zero-order chi connectivity index (χ0) is 16.1. The van der Waals surface area contributed by atoms with E-state index in [-0.39, 0.29) is 11.7 Å². The van der Waals surface area contributed by atoms with Crippen LogP contribution in [-0.4, -0.2) is 17.4 Å². The van der Waals surface area contributed by atoms with Crippen LogP contribution >= 0.6 is 0 Å². The van der Waals surface area contributed by atoms with Crippen molar-refractivity contribution in [2.24, 2.45) is 0 Å². The number of carbonyl (C=O) groups excluding carboxylic acids is 1. The number of nitrogens with one attached hydrogen (secondary N) is 1. The van der Waals surface area contributed by atoms with Gasteiger partial charge in [0.25, 0.3) is 0 Å². The summed E-state index contributed by atoms with van der Waals surface area (Å²) >= 11 is 0. The normalized spacial score (nSPS) is 10.8. The predicted molar refractivity (Wildman–Crippen MR) is 85.4 cm³/mol. The Morgan fingerprint density at radius 3 is 2.70 bits per heavy atom. The number of aryl methyl sites for hydroxylation is 1. The van der Waals surface area contributed by atoms with Gasteiger partial charge >= 0.3 is 0 Å². The van der Waals surface area contributed by atoms with Gasteiger partial charge in [0.15, 0.2) is 12.0 Å². The van der Waals surface area contributed by atoms with Gasteiger partial charge in [-0.25, -0.2) is 9.37 Å². The lowest BCUT2D eigenvalue weighted by molar-refractivity contribution is -0.121. The lowest BCUT2D eigenvalue weighted by Crippen LogP contribution is -2.25. The molecule has 1 amide bonds. The Labute approximate surface area is 133 Å². The smallest absolute Gasteiger partial charge is 0.220 e. The number of aromatic nitrogens is 1. The van der Waals surface area contributed by atoms with Gasteiger partial charge in [0.2, 0.25) is 5.91 Å². The summed E-state index contributed by atoms with van der Waals surface area (Å²) in [5.41, 5.74) is 3.63. The first-order chi connectivity index (χ1) is 11.2. The fraction of sp³-hybridized carbons (Fsp3) is 0.222. The van der Waals surface area contributed by atoms with E-state index in [1.165, 1.54) is 18.5 Å². The molecule has 0 saturated heterocycles. The molecule has 0 aliphatic heterocycles. The number of halogens is 1. The van der Waals surface area contributed by atoms with E-state index in [0.29, 0.717) is 19.4 Å². The van der Waals surface area contributed by atoms with Crippen molar-refractivity contribution < 1.29 is 13.6 Å². The standard InChI is InChI=1S/C18H17FN2O2/c19-15-5-1-13(2-6-15)4-8-18(22)20-10-9-14-3-7-16-17(11-14)23-12-21-16/h1-3,5-7,11-12H,4,8-10H2,(H,20,22). The van der Waals surface area contributed by atoms with Crippen molar-refractivity contribution in [3.8, 4) is 0 Å². The Balaban J connectivity index is 1.42. The highest BCUT2D eigenvalue weighted by Crippen LogP contribution is 2.14. The molecule has 0 fully saturated rings. The fourth-order valence-electron chi connectivity index (χ4n) is 2.40. The van der Waals surface area contributed by atoms with Crippen LogP contribution in [-0.2, 0) is 17.6 Å². The van der Waals surface area contributed by atoms with Crippen LogP contribution < -0.4 is 5.32 Å². The Kier molecular flexibility index (Phi) is 4.66. The summed E-state index contributed by atoms with van der Waals surface area (Å²) in [6.45, 7) is 0.571. The minimum absolute atomic E-state index is 0.00457. The molecule has 0 saturated carbocycles. The van der Waals surface area contributed by atoms with Gasteiger partial charge in [-0.1, -0.05) is 18.2 Å². The van der Waals surface area contributed by atoms with Crippen LogP contribution in [0.5, 0.6) is 0 Å². The second kappa shape index (κ2) is 7.05. The highest BCUT2D eigenvalue weighted by Gasteiger charge is 2.04. The van der Waals surface area contributed by atoms with E-state index >= 15 is 0 Å². The topological polar surface area (TPSA) is 55.1 Å². The van der Waals surface area contributed by atoms with Crippen LogP contribution in [0, 0.1) is 5.82 Å². The van der Waals surface area contributed by atoms with Crippen molar-refractivity contribution in [2.45, 2.75) is 19.3 Å². The minimum atomic E-state index is -0.262. The maximum absolute atomic E-state index is 12.8. The molecule has 3 aromatic rings. The summed E-state index contributed by atoms with van der Waals surface area (Å²) in [6.07, 6.45) is 3.16. The monoisotopic (exact) mass is 312 g/mol. The molecule has 1 N–H and O–H groups in total. The number of rotatable bonds is 6. The van der Waals surface area contributed by atoms with Gasteiger partial charge in [0.05, 0.1) is 0 Å². The van der Waals surface area contributed by atoms with E-state index < -0.39 is 0 Å². The van der Waals surface area contributed by atoms with Crippen molar-refractivity contribution >= 4 is 17.0 Å². The maximum atomic E-state index is 12.8. The average Bonchev–Trinajstić information content (AvgIpc) is 3.02. The predicted octanol–water partition coefficient (Wildman–Crippen LogP) is 3.26. The molecule has 118 valence electrons. The van der Waals surface area contributed by atoms with Crippen LogP contribution in [0.4, 0.5) is 4.39 Å². The average molecular weight is 312 g/mol. The molecule has 3 rings (SSSR count). The highest BCUT2D eigenvalue weighted by atomic mass is 19.1. The molecular formula is C18H17FN2O2. The second-order valence-corrected chi connectivity index (χ2v) is 5.38. The summed E-state index contributed by atoms with van der Waals surface area (Å²) in [5, 5.41) is 2.90. The summed E-state index contributed by atoms with van der Waals surface area (Å²) < 4.78 is 18.1. The van der Waals surface area contributed by atoms with Crippen LogP contribution in [0.2, 0.25) is 0 Å². The van der Waals surface area contributed by atoms with Gasteiger partial charge in [0.1, 0.15) is 11.3 Å². The zero-order valence-electron chi connectivity index (χ0n) is 12.6. The molecule has 0 atom stereocenters. The third kappa shape index (κ3) is 4.16. The van der Waals surface area contributed by atoms with Crippen molar-refractivity contribution in [3.63, 3.8) is 0 Å². The van der Waals surface area contributed by atoms with Gasteiger partial charge in [-0.3, -0.25) is 4.79 Å². The molecule has 2 aromatic carbocycles. The summed E-state index contributed by atoms with van der Waals surface area (Å²) in [6, 6.07) is 12.1. The largest absolute Gasteiger partial charge is 0.443 e. The van der Waals surface area contributed by atoms with Crippen molar-refractivity contribution in [3.05, 3.63) is 65.8 Å². The Morgan fingerprint density at radius 1 is 1.09 bits per heavy atom. The number of carbonyl (C=O) groups is 1. The van der Waals surface area contributed by atoms with Crippen LogP contribution in [0.3, 0.4) is 0 Å². The van der Waals surface area contributed by atoms with Gasteiger partial charge in [-0.05, 0) is 48.2 Å². The number of oxazole rings is 1. The molecule has 4 nitrogen and oxygen atoms in total. The molecule has 0 unspecified atom stereocenters. The molecule has 1 aromatic heterocycles. The van der Waals surface area contributed by atoms with Crippen molar-refractivity contribution in [1.82, 2.24) is 10.3 Å². The van der Waals surface area contributed by atoms with E-state index in [4.69, 9.17) is 4.42 Å². The highest BCUT2D eigenvalue weighted by molar-refractivity contribution is 5.76. The third-order valence-corrected chi connectivity index (χ3v) is 3.69. The number of amides is 1. The van der Waals surface area contributed by atoms with E-state index in [2.05, 4.69) is 10.3 Å². The summed E-state index contributed by atoms with van der Waals surface area (Å²) in [5.74, 6) is -0.267. The number of fused-ring (bicyclic) bond motifs is 1. The molecular weight excluding hydrogens is 295 g/mol. The Bertz CT molecular complexity index is 796.